The molecular weight excluding hydrogens is 126 g/mol. The minimum absolute atomic E-state index is 0.833. The van der Waals surface area contributed by atoms with Crippen molar-refractivity contribution in [2.45, 2.75) is 0 Å². The van der Waals surface area contributed by atoms with Gasteiger partial charge in [0.2, 0.25) is 0 Å². The molecule has 1 unspecified atom stereocenters. The van der Waals surface area contributed by atoms with E-state index < -0.39 is 17.3 Å². The van der Waals surface area contributed by atoms with Crippen molar-refractivity contribution in [1.82, 2.24) is 0 Å². The average molecular weight is 131 g/mol. The van der Waals surface area contributed by atoms with Gasteiger partial charge in [0.25, 0.3) is 0 Å². The second-order valence-corrected chi connectivity index (χ2v) is 0.519. The van der Waals surface area contributed by atoms with Gasteiger partial charge in [-0.15, -0.1) is 0 Å². The van der Waals surface area contributed by atoms with Crippen molar-refractivity contribution in [3.05, 3.63) is 0 Å². The quantitative estimate of drug-likeness (QED) is 0.447. The van der Waals surface area contributed by atoms with Crippen molar-refractivity contribution >= 4 is 17.3 Å². The molecule has 0 saturated carbocycles. The van der Waals surface area contributed by atoms with E-state index in [1.54, 1.807) is 0 Å². The van der Waals surface area contributed by atoms with Gasteiger partial charge in [0, 0.05) is 0 Å². The number of hydrogen-bond donors (Lipinski definition) is 2. The summed E-state index contributed by atoms with van der Waals surface area (Å²) < 4.78 is 23.0. The molecule has 0 aliphatic carbocycles. The van der Waals surface area contributed by atoms with E-state index in [1.165, 1.54) is 0 Å². The van der Waals surface area contributed by atoms with Gasteiger partial charge in [0.15, 0.2) is 8.63 Å². The summed E-state index contributed by atoms with van der Waals surface area (Å²) in [6, 6.07) is 0. The highest BCUT2D eigenvalue weighted by Gasteiger charge is 1.28. The Morgan fingerprint density at radius 3 is 2.00 bits per heavy atom. The minimum atomic E-state index is -2.88. The largest absolute Gasteiger partial charge is 0.348 e. The molecule has 0 aromatic carbocycles. The van der Waals surface area contributed by atoms with Crippen LogP contribution in [0.15, 0.2) is 0 Å². The van der Waals surface area contributed by atoms with Gasteiger partial charge in [-0.3, -0.25) is 4.57 Å². The van der Waals surface area contributed by atoms with Crippen LogP contribution in [0.2, 0.25) is 0 Å². The summed E-state index contributed by atoms with van der Waals surface area (Å²) in [5, 5.41) is 0. The molecular formula is H4O4P2. The summed E-state index contributed by atoms with van der Waals surface area (Å²) in [6.45, 7) is 0. The van der Waals surface area contributed by atoms with Crippen LogP contribution in [0.1, 0.15) is 0 Å². The zero-order valence-corrected chi connectivity index (χ0v) is 4.55. The molecule has 0 bridgehead atoms. The van der Waals surface area contributed by atoms with E-state index in [0.29, 0.717) is 0 Å². The Morgan fingerprint density at radius 2 is 2.00 bits per heavy atom. The van der Waals surface area contributed by atoms with Gasteiger partial charge >= 0.3 is 8.69 Å². The summed E-state index contributed by atoms with van der Waals surface area (Å²) in [6.07, 6.45) is 0. The van der Waals surface area contributed by atoms with E-state index in [1.807, 2.05) is 0 Å². The molecule has 0 aliphatic heterocycles. The first kappa shape index (κ1) is 6.25. The van der Waals surface area contributed by atoms with Crippen molar-refractivity contribution in [1.29, 1.82) is 1.28 Å². The fourth-order valence-electron chi connectivity index (χ4n) is 0. The molecule has 2 N–H and O–H groups in total. The monoisotopic (exact) mass is 131 g/mol. The molecule has 6 heavy (non-hydrogen) atoms. The van der Waals surface area contributed by atoms with Crippen LogP contribution in [0, 0.1) is 0 Å². The van der Waals surface area contributed by atoms with E-state index >= 15 is 0 Å². The average Bonchev–Trinajstić information content (AvgIpc) is 1.33. The molecule has 0 aliphatic rings. The lowest BCUT2D eigenvalue weighted by atomic mass is 15.9. The van der Waals surface area contributed by atoms with Crippen molar-refractivity contribution < 1.29 is 18.9 Å². The third-order valence-electron chi connectivity index (χ3n) is 0. The van der Waals surface area contributed by atoms with Crippen molar-refractivity contribution in [2.75, 3.05) is 0 Å². The molecule has 0 amide bonds. The fraction of sp³-hybridized carbons (Fsp3) is 0. The zero-order chi connectivity index (χ0) is 6.28. The topological polar surface area (TPSA) is 74.6 Å². The van der Waals surface area contributed by atoms with Gasteiger partial charge in [-0.25, -0.2) is 4.57 Å². The molecule has 0 heterocycles. The summed E-state index contributed by atoms with van der Waals surface area (Å²) in [5.74, 6) is 0. The van der Waals surface area contributed by atoms with Crippen LogP contribution in [0.4, 0.5) is 0 Å². The van der Waals surface area contributed by atoms with E-state index in [2.05, 4.69) is 0 Å². The Balaban J connectivity index is 0. The molecule has 6 heteroatoms. The van der Waals surface area contributed by atoms with E-state index in [-0.39, 0.29) is 0 Å². The SMILES string of the molecule is O=PO.[2H][PH](=O)O. The highest BCUT2D eigenvalue weighted by atomic mass is 31.1. The van der Waals surface area contributed by atoms with Crippen molar-refractivity contribution in [2.24, 2.45) is 0 Å². The third kappa shape index (κ3) is 718. The molecule has 0 aromatic heterocycles. The fourth-order valence-corrected chi connectivity index (χ4v) is 0. The molecule has 0 radical (unpaired) electrons. The van der Waals surface area contributed by atoms with E-state index in [4.69, 9.17) is 20.2 Å². The zero-order valence-electron chi connectivity index (χ0n) is 3.66. The smallest absolute Gasteiger partial charge is 0.324 e. The second-order valence-electron chi connectivity index (χ2n) is 0.173. The van der Waals surface area contributed by atoms with Crippen LogP contribution in [-0.4, -0.2) is 11.1 Å². The summed E-state index contributed by atoms with van der Waals surface area (Å²) in [4.78, 5) is 14.3. The first-order valence-electron chi connectivity index (χ1n) is 1.31. The summed E-state index contributed by atoms with van der Waals surface area (Å²) in [7, 11) is -3.71. The molecule has 0 fully saturated rings. The molecule has 4 nitrogen and oxygen atoms in total. The van der Waals surface area contributed by atoms with Crippen LogP contribution in [0.3, 0.4) is 0 Å². The van der Waals surface area contributed by atoms with Gasteiger partial charge < -0.3 is 9.79 Å². The van der Waals surface area contributed by atoms with E-state index in [0.717, 1.165) is 0 Å². The van der Waals surface area contributed by atoms with E-state index in [9.17, 15) is 0 Å². The van der Waals surface area contributed by atoms with Crippen LogP contribution < -0.4 is 0 Å². The predicted molar refractivity (Wildman–Crippen MR) is 22.4 cm³/mol. The number of rotatable bonds is 0. The van der Waals surface area contributed by atoms with Crippen LogP contribution in [0.25, 0.3) is 0 Å². The maximum atomic E-state index is 8.85. The Morgan fingerprint density at radius 1 is 2.00 bits per heavy atom. The van der Waals surface area contributed by atoms with Crippen molar-refractivity contribution in [3.8, 4) is 0 Å². The van der Waals surface area contributed by atoms with Gasteiger partial charge in [-0.1, -0.05) is 0 Å². The maximum Gasteiger partial charge on any atom is 0.324 e. The second kappa shape index (κ2) is 18.7. The standard InChI is InChI=1S/H3O2P.HO2P/c2*1-3-2/h3H2,(H,1,2);(H,1,2)/i3D;. The Kier molecular flexibility index (Phi) is 19.5. The maximum absolute atomic E-state index is 8.85. The molecule has 0 saturated heterocycles. The third-order valence-corrected chi connectivity index (χ3v) is 0. The Bertz CT molecular complexity index is 56.7. The molecule has 38 valence electrons. The minimum Gasteiger partial charge on any atom is -0.348 e. The molecule has 0 aromatic rings. The first-order valence-corrected chi connectivity index (χ1v) is 2.43. The predicted octanol–water partition coefficient (Wildman–Crippen LogP) is -0.165. The van der Waals surface area contributed by atoms with Crippen molar-refractivity contribution in [3.63, 3.8) is 0 Å². The first-order chi connectivity index (χ1) is 3.15. The lowest BCUT2D eigenvalue weighted by Crippen LogP contribution is -1.03. The number of hydrogen-bond acceptors (Lipinski definition) is 2. The molecule has 0 spiro atoms. The molecule has 1 atom stereocenters. The van der Waals surface area contributed by atoms with Gasteiger partial charge in [0.05, 0.1) is 0 Å². The Hall–Kier alpha value is 0.250. The lowest BCUT2D eigenvalue weighted by Gasteiger charge is -1.33. The van der Waals surface area contributed by atoms with Crippen LogP contribution in [0.5, 0.6) is 0 Å². The van der Waals surface area contributed by atoms with Crippen LogP contribution >= 0.6 is 17.3 Å². The summed E-state index contributed by atoms with van der Waals surface area (Å²) >= 11 is 0. The molecule has 0 rings (SSSR count). The van der Waals surface area contributed by atoms with Crippen LogP contribution in [-0.2, 0) is 9.13 Å². The van der Waals surface area contributed by atoms with Gasteiger partial charge in [0.1, 0.15) is 1.28 Å². The normalized spacial score (nSPS) is 14.0. The van der Waals surface area contributed by atoms with Gasteiger partial charge in [-0.05, 0) is 0 Å². The summed E-state index contributed by atoms with van der Waals surface area (Å²) in [5.41, 5.74) is 0. The highest BCUT2D eigenvalue weighted by Crippen LogP contribution is 1.66. The lowest BCUT2D eigenvalue weighted by molar-refractivity contribution is 0.523. The Labute approximate surface area is 38.7 Å². The van der Waals surface area contributed by atoms with Gasteiger partial charge in [-0.2, -0.15) is 0 Å². The highest BCUT2D eigenvalue weighted by molar-refractivity contribution is 7.16.